The van der Waals surface area contributed by atoms with Gasteiger partial charge in [-0.1, -0.05) is 13.0 Å². The molecule has 0 unspecified atom stereocenters. The molecule has 144 valence electrons. The Balaban J connectivity index is 1.74. The summed E-state index contributed by atoms with van der Waals surface area (Å²) in [4.78, 5) is 35.6. The van der Waals surface area contributed by atoms with Crippen molar-refractivity contribution in [3.05, 3.63) is 23.3 Å². The van der Waals surface area contributed by atoms with E-state index in [2.05, 4.69) is 6.92 Å². The summed E-state index contributed by atoms with van der Waals surface area (Å²) in [5, 5.41) is 0. The molecule has 27 heavy (non-hydrogen) atoms. The molecule has 0 radical (unpaired) electrons. The van der Waals surface area contributed by atoms with Crippen molar-refractivity contribution in [2.75, 3.05) is 0 Å². The average Bonchev–Trinajstić information content (AvgIpc) is 2.91. The summed E-state index contributed by atoms with van der Waals surface area (Å²) in [6, 6.07) is 3.77. The third-order valence-corrected chi connectivity index (χ3v) is 7.03. The molecule has 3 aliphatic rings. The van der Waals surface area contributed by atoms with Gasteiger partial charge < -0.3 is 9.47 Å². The van der Waals surface area contributed by atoms with Gasteiger partial charge in [-0.3, -0.25) is 14.4 Å². The number of carbonyl (C=O) groups excluding carboxylic acids is 3. The third kappa shape index (κ3) is 2.88. The maximum atomic E-state index is 12.5. The minimum atomic E-state index is -0.435. The van der Waals surface area contributed by atoms with Gasteiger partial charge in [-0.05, 0) is 61.5 Å². The summed E-state index contributed by atoms with van der Waals surface area (Å²) < 4.78 is 10.8. The molecule has 1 aromatic carbocycles. The number of ketones is 1. The number of ether oxygens (including phenoxy) is 2. The minimum absolute atomic E-state index is 0.158. The van der Waals surface area contributed by atoms with Gasteiger partial charge in [0.05, 0.1) is 0 Å². The molecule has 4 atom stereocenters. The Kier molecular flexibility index (Phi) is 4.36. The van der Waals surface area contributed by atoms with Crippen LogP contribution in [0.2, 0.25) is 0 Å². The van der Waals surface area contributed by atoms with Crippen molar-refractivity contribution in [3.8, 4) is 11.5 Å². The standard InChI is InChI=1S/C22H26O5/c1-12(23)26-19-8-6-14-15-10-11-22(3)18(7-9-20(22)25)16(15)4-5-17(14)21(19)27-13(2)24/h6,8,15-16,18H,4-5,7,9-11H2,1-3H3/t15-,16-,18+,22+/m1/s1. The molecular weight excluding hydrogens is 344 g/mol. The van der Waals surface area contributed by atoms with Crippen LogP contribution in [-0.2, 0) is 20.8 Å². The Morgan fingerprint density at radius 1 is 1.04 bits per heavy atom. The highest BCUT2D eigenvalue weighted by Crippen LogP contribution is 2.60. The van der Waals surface area contributed by atoms with Crippen LogP contribution in [0.3, 0.4) is 0 Å². The van der Waals surface area contributed by atoms with Crippen LogP contribution in [0.4, 0.5) is 0 Å². The Morgan fingerprint density at radius 2 is 1.78 bits per heavy atom. The van der Waals surface area contributed by atoms with Crippen molar-refractivity contribution >= 4 is 17.7 Å². The molecule has 5 heteroatoms. The first-order valence-electron chi connectivity index (χ1n) is 9.87. The highest BCUT2D eigenvalue weighted by atomic mass is 16.6. The fourth-order valence-corrected chi connectivity index (χ4v) is 5.88. The number of rotatable bonds is 2. The molecule has 0 aliphatic heterocycles. The molecule has 3 aliphatic carbocycles. The fraction of sp³-hybridized carbons (Fsp3) is 0.591. The van der Waals surface area contributed by atoms with Crippen LogP contribution in [0.1, 0.15) is 69.9 Å². The van der Waals surface area contributed by atoms with Gasteiger partial charge >= 0.3 is 11.9 Å². The maximum absolute atomic E-state index is 12.5. The van der Waals surface area contributed by atoms with E-state index < -0.39 is 11.9 Å². The number of hydrogen-bond acceptors (Lipinski definition) is 5. The Morgan fingerprint density at radius 3 is 2.48 bits per heavy atom. The maximum Gasteiger partial charge on any atom is 0.308 e. The largest absolute Gasteiger partial charge is 0.423 e. The van der Waals surface area contributed by atoms with E-state index in [1.165, 1.54) is 19.4 Å². The first-order valence-corrected chi connectivity index (χ1v) is 9.87. The fourth-order valence-electron chi connectivity index (χ4n) is 5.88. The van der Waals surface area contributed by atoms with E-state index in [0.717, 1.165) is 37.7 Å². The molecule has 2 fully saturated rings. The first-order chi connectivity index (χ1) is 12.8. The van der Waals surface area contributed by atoms with Gasteiger partial charge in [0, 0.05) is 31.2 Å². The summed E-state index contributed by atoms with van der Waals surface area (Å²) in [7, 11) is 0. The SMILES string of the molecule is CC(=O)Oc1ccc2c(c1OC(C)=O)CC[C@@H]1[C@@H]2CC[C@]2(C)C(=O)CC[C@@H]12. The van der Waals surface area contributed by atoms with E-state index in [-0.39, 0.29) is 5.41 Å². The van der Waals surface area contributed by atoms with Crippen LogP contribution in [-0.4, -0.2) is 17.7 Å². The zero-order chi connectivity index (χ0) is 19.3. The Bertz CT molecular complexity index is 826. The molecule has 0 bridgehead atoms. The minimum Gasteiger partial charge on any atom is -0.423 e. The molecule has 1 aromatic rings. The number of carbonyl (C=O) groups is 3. The van der Waals surface area contributed by atoms with Crippen molar-refractivity contribution in [2.24, 2.45) is 17.3 Å². The average molecular weight is 370 g/mol. The monoisotopic (exact) mass is 370 g/mol. The molecule has 0 aromatic heterocycles. The van der Waals surface area contributed by atoms with Gasteiger partial charge in [-0.25, -0.2) is 0 Å². The van der Waals surface area contributed by atoms with Gasteiger partial charge in [-0.2, -0.15) is 0 Å². The Labute approximate surface area is 159 Å². The normalized spacial score (nSPS) is 31.5. The number of fused-ring (bicyclic) bond motifs is 5. The second kappa shape index (κ2) is 6.47. The van der Waals surface area contributed by atoms with Gasteiger partial charge in [0.2, 0.25) is 0 Å². The first kappa shape index (κ1) is 18.2. The molecular formula is C22H26O5. The van der Waals surface area contributed by atoms with Crippen LogP contribution < -0.4 is 9.47 Å². The molecule has 0 spiro atoms. The molecule has 0 N–H and O–H groups in total. The molecule has 0 amide bonds. The van der Waals surface area contributed by atoms with Crippen molar-refractivity contribution in [3.63, 3.8) is 0 Å². The third-order valence-electron chi connectivity index (χ3n) is 7.03. The lowest BCUT2D eigenvalue weighted by molar-refractivity contribution is -0.134. The lowest BCUT2D eigenvalue weighted by atomic mass is 9.55. The molecule has 4 rings (SSSR count). The van der Waals surface area contributed by atoms with E-state index in [9.17, 15) is 14.4 Å². The van der Waals surface area contributed by atoms with Crippen LogP contribution in [0, 0.1) is 17.3 Å². The predicted octanol–water partition coefficient (Wildman–Crippen LogP) is 3.96. The summed E-state index contributed by atoms with van der Waals surface area (Å²) in [6.45, 7) is 4.86. The second-order valence-electron chi connectivity index (χ2n) is 8.48. The Hall–Kier alpha value is -2.17. The van der Waals surface area contributed by atoms with Crippen LogP contribution >= 0.6 is 0 Å². The zero-order valence-corrected chi connectivity index (χ0v) is 16.2. The van der Waals surface area contributed by atoms with Crippen LogP contribution in [0.5, 0.6) is 11.5 Å². The van der Waals surface area contributed by atoms with Crippen molar-refractivity contribution in [1.29, 1.82) is 0 Å². The van der Waals surface area contributed by atoms with E-state index in [4.69, 9.17) is 9.47 Å². The molecule has 0 saturated heterocycles. The summed E-state index contributed by atoms with van der Waals surface area (Å²) in [5.41, 5.74) is 2.02. The zero-order valence-electron chi connectivity index (χ0n) is 16.2. The summed E-state index contributed by atoms with van der Waals surface area (Å²) in [5.74, 6) is 1.60. The molecule has 0 heterocycles. The second-order valence-corrected chi connectivity index (χ2v) is 8.48. The topological polar surface area (TPSA) is 69.7 Å². The number of esters is 2. The summed E-state index contributed by atoms with van der Waals surface area (Å²) in [6.07, 6.45) is 5.35. The molecule has 2 saturated carbocycles. The van der Waals surface area contributed by atoms with E-state index >= 15 is 0 Å². The quantitative estimate of drug-likeness (QED) is 0.582. The van der Waals surface area contributed by atoms with Crippen molar-refractivity contribution in [2.45, 2.75) is 65.2 Å². The van der Waals surface area contributed by atoms with Crippen molar-refractivity contribution < 1.29 is 23.9 Å². The van der Waals surface area contributed by atoms with Crippen LogP contribution in [0.25, 0.3) is 0 Å². The predicted molar refractivity (Wildman–Crippen MR) is 98.7 cm³/mol. The van der Waals surface area contributed by atoms with Gasteiger partial charge in [0.1, 0.15) is 5.78 Å². The van der Waals surface area contributed by atoms with Gasteiger partial charge in [-0.15, -0.1) is 0 Å². The van der Waals surface area contributed by atoms with Crippen molar-refractivity contribution in [1.82, 2.24) is 0 Å². The summed E-state index contributed by atoms with van der Waals surface area (Å²) >= 11 is 0. The van der Waals surface area contributed by atoms with E-state index in [1.54, 1.807) is 6.07 Å². The van der Waals surface area contributed by atoms with E-state index in [0.29, 0.717) is 41.5 Å². The van der Waals surface area contributed by atoms with Gasteiger partial charge in [0.25, 0.3) is 0 Å². The lowest BCUT2D eigenvalue weighted by Gasteiger charge is -2.48. The number of Topliss-reactive ketones (excluding diaryl/α,β-unsaturated/α-hetero) is 1. The van der Waals surface area contributed by atoms with Gasteiger partial charge in [0.15, 0.2) is 11.5 Å². The lowest BCUT2D eigenvalue weighted by Crippen LogP contribution is -2.42. The number of hydrogen-bond donors (Lipinski definition) is 0. The molecule has 5 nitrogen and oxygen atoms in total. The highest BCUT2D eigenvalue weighted by Gasteiger charge is 2.54. The van der Waals surface area contributed by atoms with Crippen LogP contribution in [0.15, 0.2) is 12.1 Å². The highest BCUT2D eigenvalue weighted by molar-refractivity contribution is 5.87. The van der Waals surface area contributed by atoms with E-state index in [1.807, 2.05) is 6.07 Å². The number of benzene rings is 1. The smallest absolute Gasteiger partial charge is 0.308 e.